The molecule has 0 amide bonds. The van der Waals surface area contributed by atoms with Gasteiger partial charge in [0, 0.05) is 33.4 Å². The van der Waals surface area contributed by atoms with Gasteiger partial charge in [-0.3, -0.25) is 0 Å². The van der Waals surface area contributed by atoms with Crippen LogP contribution in [0, 0.1) is 0 Å². The van der Waals surface area contributed by atoms with Crippen LogP contribution in [0.15, 0.2) is 66.7 Å². The summed E-state index contributed by atoms with van der Waals surface area (Å²) in [6.45, 7) is 2.98. The second-order valence-electron chi connectivity index (χ2n) is 6.25. The van der Waals surface area contributed by atoms with Crippen molar-refractivity contribution in [2.45, 2.75) is 20.1 Å². The molecule has 3 aromatic carbocycles. The third-order valence-corrected chi connectivity index (χ3v) is 4.99. The quantitative estimate of drug-likeness (QED) is 0.423. The number of para-hydroxylation sites is 1. The van der Waals surface area contributed by atoms with Gasteiger partial charge in [-0.25, -0.2) is 4.79 Å². The van der Waals surface area contributed by atoms with E-state index < -0.39 is 0 Å². The highest BCUT2D eigenvalue weighted by Gasteiger charge is 2.09. The molecule has 0 bridgehead atoms. The van der Waals surface area contributed by atoms with Gasteiger partial charge in [-0.05, 0) is 49.4 Å². The molecule has 0 atom stereocenters. The zero-order valence-electron chi connectivity index (χ0n) is 16.0. The number of halogens is 2. The Morgan fingerprint density at radius 2 is 1.62 bits per heavy atom. The average molecular weight is 430 g/mol. The maximum absolute atomic E-state index is 11.7. The van der Waals surface area contributed by atoms with Gasteiger partial charge in [0.1, 0.15) is 12.4 Å². The average Bonchev–Trinajstić information content (AvgIpc) is 2.73. The summed E-state index contributed by atoms with van der Waals surface area (Å²) in [5.74, 6) is 0.426. The Bertz CT molecular complexity index is 954. The summed E-state index contributed by atoms with van der Waals surface area (Å²) in [7, 11) is 0. The molecule has 0 saturated carbocycles. The number of hydrogen-bond donors (Lipinski definition) is 1. The predicted molar refractivity (Wildman–Crippen MR) is 117 cm³/mol. The molecule has 0 aliphatic heterocycles. The van der Waals surface area contributed by atoms with Crippen LogP contribution in [0.2, 0.25) is 10.0 Å². The minimum atomic E-state index is -0.323. The molecule has 0 aromatic heterocycles. The van der Waals surface area contributed by atoms with E-state index in [2.05, 4.69) is 5.32 Å². The van der Waals surface area contributed by atoms with Gasteiger partial charge in [-0.15, -0.1) is 0 Å². The van der Waals surface area contributed by atoms with Gasteiger partial charge < -0.3 is 14.8 Å². The smallest absolute Gasteiger partial charge is 0.338 e. The number of esters is 1. The van der Waals surface area contributed by atoms with Gasteiger partial charge in [-0.2, -0.15) is 0 Å². The molecular weight excluding hydrogens is 409 g/mol. The lowest BCUT2D eigenvalue weighted by Gasteiger charge is -2.14. The Balaban J connectivity index is 1.64. The van der Waals surface area contributed by atoms with Crippen LogP contribution in [0.4, 0.5) is 5.69 Å². The van der Waals surface area contributed by atoms with Crippen molar-refractivity contribution in [1.82, 2.24) is 0 Å². The van der Waals surface area contributed by atoms with Crippen molar-refractivity contribution in [2.75, 3.05) is 11.9 Å². The molecule has 3 rings (SSSR count). The Morgan fingerprint density at radius 1 is 0.931 bits per heavy atom. The fourth-order valence-electron chi connectivity index (χ4n) is 2.75. The summed E-state index contributed by atoms with van der Waals surface area (Å²) in [4.78, 5) is 11.7. The summed E-state index contributed by atoms with van der Waals surface area (Å²) in [5, 5.41) is 4.49. The molecule has 150 valence electrons. The fourth-order valence-corrected chi connectivity index (χ4v) is 3.25. The summed E-state index contributed by atoms with van der Waals surface area (Å²) >= 11 is 12.4. The van der Waals surface area contributed by atoms with Gasteiger partial charge >= 0.3 is 5.97 Å². The largest absolute Gasteiger partial charge is 0.488 e. The Hall–Kier alpha value is -2.69. The first-order valence-electron chi connectivity index (χ1n) is 9.23. The first kappa shape index (κ1) is 21.0. The summed E-state index contributed by atoms with van der Waals surface area (Å²) < 4.78 is 11.0. The zero-order valence-corrected chi connectivity index (χ0v) is 17.5. The number of nitrogens with one attached hydrogen (secondary N) is 1. The molecule has 0 unspecified atom stereocenters. The highest BCUT2D eigenvalue weighted by molar-refractivity contribution is 6.35. The maximum Gasteiger partial charge on any atom is 0.338 e. The number of hydrogen-bond acceptors (Lipinski definition) is 4. The number of carbonyl (C=O) groups is 1. The van der Waals surface area contributed by atoms with Gasteiger partial charge in [0.05, 0.1) is 12.2 Å². The highest BCUT2D eigenvalue weighted by Crippen LogP contribution is 2.27. The van der Waals surface area contributed by atoms with E-state index in [0.29, 0.717) is 28.8 Å². The Labute approximate surface area is 180 Å². The molecule has 0 saturated heterocycles. The van der Waals surface area contributed by atoms with Gasteiger partial charge in [0.15, 0.2) is 0 Å². The predicted octanol–water partition coefficient (Wildman–Crippen LogP) is 6.36. The van der Waals surface area contributed by atoms with E-state index in [1.54, 1.807) is 37.3 Å². The molecule has 0 aliphatic carbocycles. The van der Waals surface area contributed by atoms with Crippen LogP contribution in [0.5, 0.6) is 5.75 Å². The van der Waals surface area contributed by atoms with Crippen LogP contribution in [-0.4, -0.2) is 12.6 Å². The van der Waals surface area contributed by atoms with Gasteiger partial charge in [-0.1, -0.05) is 47.5 Å². The number of benzene rings is 3. The van der Waals surface area contributed by atoms with Crippen LogP contribution in [0.3, 0.4) is 0 Å². The van der Waals surface area contributed by atoms with Crippen molar-refractivity contribution in [3.05, 3.63) is 93.5 Å². The van der Waals surface area contributed by atoms with Crippen molar-refractivity contribution in [1.29, 1.82) is 0 Å². The molecule has 29 heavy (non-hydrogen) atoms. The lowest BCUT2D eigenvalue weighted by atomic mass is 10.1. The van der Waals surface area contributed by atoms with E-state index in [0.717, 1.165) is 22.6 Å². The van der Waals surface area contributed by atoms with E-state index in [1.165, 1.54) is 0 Å². The maximum atomic E-state index is 11.7. The molecule has 6 heteroatoms. The monoisotopic (exact) mass is 429 g/mol. The van der Waals surface area contributed by atoms with Crippen LogP contribution < -0.4 is 10.1 Å². The molecular formula is C23H21Cl2NO3. The van der Waals surface area contributed by atoms with Gasteiger partial charge in [0.2, 0.25) is 0 Å². The van der Waals surface area contributed by atoms with Crippen LogP contribution in [-0.2, 0) is 17.9 Å². The molecule has 0 spiro atoms. The topological polar surface area (TPSA) is 47.6 Å². The van der Waals surface area contributed by atoms with E-state index in [9.17, 15) is 4.79 Å². The zero-order chi connectivity index (χ0) is 20.6. The molecule has 4 nitrogen and oxygen atoms in total. The van der Waals surface area contributed by atoms with Crippen molar-refractivity contribution < 1.29 is 14.3 Å². The minimum Gasteiger partial charge on any atom is -0.488 e. The standard InChI is InChI=1S/C23H21Cl2NO3/c1-2-28-23(27)16-10-12-18(13-11-16)26-14-17-6-3-4-9-22(17)29-15-19-20(24)7-5-8-21(19)25/h3-13,26H,2,14-15H2,1H3. The Morgan fingerprint density at radius 3 is 2.31 bits per heavy atom. The van der Waals surface area contributed by atoms with Crippen molar-refractivity contribution in [3.63, 3.8) is 0 Å². The Kier molecular flexibility index (Phi) is 7.39. The normalized spacial score (nSPS) is 10.4. The fraction of sp³-hybridized carbons (Fsp3) is 0.174. The van der Waals surface area contributed by atoms with E-state index in [-0.39, 0.29) is 12.6 Å². The van der Waals surface area contributed by atoms with Crippen molar-refractivity contribution >= 4 is 34.9 Å². The lowest BCUT2D eigenvalue weighted by Crippen LogP contribution is -2.06. The second-order valence-corrected chi connectivity index (χ2v) is 7.06. The minimum absolute atomic E-state index is 0.282. The van der Waals surface area contributed by atoms with E-state index >= 15 is 0 Å². The number of ether oxygens (including phenoxy) is 2. The lowest BCUT2D eigenvalue weighted by molar-refractivity contribution is 0.0526. The van der Waals surface area contributed by atoms with Crippen molar-refractivity contribution in [3.8, 4) is 5.75 Å². The first-order chi connectivity index (χ1) is 14.1. The summed E-state index contributed by atoms with van der Waals surface area (Å²) in [5.41, 5.74) is 3.16. The molecule has 1 N–H and O–H groups in total. The third-order valence-electron chi connectivity index (χ3n) is 4.29. The van der Waals surface area contributed by atoms with Crippen LogP contribution in [0.1, 0.15) is 28.4 Å². The molecule has 0 fully saturated rings. The SMILES string of the molecule is CCOC(=O)c1ccc(NCc2ccccc2OCc2c(Cl)cccc2Cl)cc1. The van der Waals surface area contributed by atoms with Crippen LogP contribution >= 0.6 is 23.2 Å². The van der Waals surface area contributed by atoms with E-state index in [4.69, 9.17) is 32.7 Å². The number of anilines is 1. The highest BCUT2D eigenvalue weighted by atomic mass is 35.5. The second kappa shape index (κ2) is 10.2. The van der Waals surface area contributed by atoms with Crippen molar-refractivity contribution in [2.24, 2.45) is 0 Å². The summed E-state index contributed by atoms with van der Waals surface area (Å²) in [6.07, 6.45) is 0. The molecule has 0 heterocycles. The summed E-state index contributed by atoms with van der Waals surface area (Å²) in [6, 6.07) is 20.3. The van der Waals surface area contributed by atoms with Crippen LogP contribution in [0.25, 0.3) is 0 Å². The molecule has 3 aromatic rings. The van der Waals surface area contributed by atoms with Gasteiger partial charge in [0.25, 0.3) is 0 Å². The molecule has 0 radical (unpaired) electrons. The number of carbonyl (C=O) groups excluding carboxylic acids is 1. The third kappa shape index (κ3) is 5.66. The number of rotatable bonds is 8. The first-order valence-corrected chi connectivity index (χ1v) is 9.98. The van der Waals surface area contributed by atoms with E-state index in [1.807, 2.05) is 36.4 Å². The molecule has 0 aliphatic rings.